The van der Waals surface area contributed by atoms with Crippen molar-refractivity contribution in [3.05, 3.63) is 59.7 Å². The highest BCUT2D eigenvalue weighted by Gasteiger charge is 2.22. The van der Waals surface area contributed by atoms with Gasteiger partial charge in [-0.05, 0) is 30.7 Å². The van der Waals surface area contributed by atoms with Crippen LogP contribution >= 0.6 is 0 Å². The number of ether oxygens (including phenoxy) is 1. The van der Waals surface area contributed by atoms with E-state index in [1.165, 1.54) is 0 Å². The highest BCUT2D eigenvalue weighted by molar-refractivity contribution is 5.88. The van der Waals surface area contributed by atoms with Gasteiger partial charge in [0.2, 0.25) is 5.88 Å². The first-order chi connectivity index (χ1) is 11.5. The van der Waals surface area contributed by atoms with Crippen molar-refractivity contribution < 1.29 is 14.6 Å². The minimum Gasteiger partial charge on any atom is -0.480 e. The van der Waals surface area contributed by atoms with E-state index in [2.05, 4.69) is 0 Å². The fraction of sp³-hybridized carbons (Fsp3) is 0.211. The van der Waals surface area contributed by atoms with Gasteiger partial charge < -0.3 is 20.1 Å². The third-order valence-corrected chi connectivity index (χ3v) is 4.10. The number of benzene rings is 2. The van der Waals surface area contributed by atoms with Gasteiger partial charge in [0, 0.05) is 24.4 Å². The van der Waals surface area contributed by atoms with Gasteiger partial charge in [0.15, 0.2) is 0 Å². The zero-order chi connectivity index (χ0) is 17.3. The maximum atomic E-state index is 11.2. The average Bonchev–Trinajstić information content (AvgIpc) is 2.81. The lowest BCUT2D eigenvalue weighted by Gasteiger charge is -2.12. The first-order valence-electron chi connectivity index (χ1n) is 7.76. The molecular formula is C19H20N2O3. The van der Waals surface area contributed by atoms with Crippen molar-refractivity contribution in [3.63, 3.8) is 0 Å². The highest BCUT2D eigenvalue weighted by Crippen LogP contribution is 2.35. The molecule has 24 heavy (non-hydrogen) atoms. The van der Waals surface area contributed by atoms with Gasteiger partial charge in [-0.1, -0.05) is 30.3 Å². The first kappa shape index (κ1) is 16.1. The number of rotatable bonds is 5. The van der Waals surface area contributed by atoms with Crippen molar-refractivity contribution in [2.75, 3.05) is 0 Å². The van der Waals surface area contributed by atoms with Gasteiger partial charge in [0.25, 0.3) is 0 Å². The summed E-state index contributed by atoms with van der Waals surface area (Å²) in [7, 11) is 1.91. The van der Waals surface area contributed by atoms with Crippen LogP contribution in [0.2, 0.25) is 0 Å². The van der Waals surface area contributed by atoms with Crippen molar-refractivity contribution >= 4 is 16.9 Å². The second-order valence-electron chi connectivity index (χ2n) is 5.93. The zero-order valence-corrected chi connectivity index (χ0v) is 13.7. The summed E-state index contributed by atoms with van der Waals surface area (Å²) in [6, 6.07) is 14.6. The number of fused-ring (bicyclic) bond motifs is 1. The van der Waals surface area contributed by atoms with Gasteiger partial charge in [-0.3, -0.25) is 4.79 Å². The molecular weight excluding hydrogens is 304 g/mol. The van der Waals surface area contributed by atoms with Crippen LogP contribution in [0.25, 0.3) is 10.9 Å². The lowest BCUT2D eigenvalue weighted by atomic mass is 10.1. The number of nitrogens with zero attached hydrogens (tertiary/aromatic N) is 1. The van der Waals surface area contributed by atoms with Crippen LogP contribution in [-0.2, 0) is 18.3 Å². The number of carbonyl (C=O) groups is 1. The molecule has 1 unspecified atom stereocenters. The summed E-state index contributed by atoms with van der Waals surface area (Å²) in [4.78, 5) is 11.2. The quantitative estimate of drug-likeness (QED) is 0.755. The molecule has 0 bridgehead atoms. The molecule has 2 aromatic carbocycles. The molecule has 0 aliphatic carbocycles. The van der Waals surface area contributed by atoms with Crippen molar-refractivity contribution in [1.29, 1.82) is 0 Å². The molecule has 1 heterocycles. The Labute approximate surface area is 140 Å². The second kappa shape index (κ2) is 6.37. The van der Waals surface area contributed by atoms with E-state index in [4.69, 9.17) is 15.6 Å². The third-order valence-electron chi connectivity index (χ3n) is 4.10. The molecule has 5 nitrogen and oxygen atoms in total. The maximum Gasteiger partial charge on any atom is 0.320 e. The number of aliphatic carboxylic acids is 1. The molecule has 1 aromatic heterocycles. The minimum absolute atomic E-state index is 0.206. The lowest BCUT2D eigenvalue weighted by molar-refractivity contribution is -0.138. The maximum absolute atomic E-state index is 11.2. The largest absolute Gasteiger partial charge is 0.480 e. The van der Waals surface area contributed by atoms with Gasteiger partial charge in [0.1, 0.15) is 11.8 Å². The molecule has 3 N–H and O–H groups in total. The summed E-state index contributed by atoms with van der Waals surface area (Å²) >= 11 is 0. The smallest absolute Gasteiger partial charge is 0.320 e. The van der Waals surface area contributed by atoms with E-state index in [0.29, 0.717) is 11.6 Å². The van der Waals surface area contributed by atoms with Crippen LogP contribution in [0.1, 0.15) is 11.1 Å². The van der Waals surface area contributed by atoms with E-state index in [0.717, 1.165) is 22.0 Å². The molecule has 3 aromatic rings. The molecule has 0 aliphatic heterocycles. The average molecular weight is 324 g/mol. The molecule has 0 saturated heterocycles. The number of para-hydroxylation sites is 1. The summed E-state index contributed by atoms with van der Waals surface area (Å²) in [5.41, 5.74) is 8.65. The van der Waals surface area contributed by atoms with Gasteiger partial charge in [-0.2, -0.15) is 0 Å². The van der Waals surface area contributed by atoms with Gasteiger partial charge in [-0.25, -0.2) is 0 Å². The predicted octanol–water partition coefficient (Wildman–Crippen LogP) is 3.23. The van der Waals surface area contributed by atoms with Crippen LogP contribution in [0.15, 0.2) is 48.5 Å². The van der Waals surface area contributed by atoms with Crippen LogP contribution in [0.3, 0.4) is 0 Å². The van der Waals surface area contributed by atoms with Gasteiger partial charge in [-0.15, -0.1) is 0 Å². The summed E-state index contributed by atoms with van der Waals surface area (Å²) < 4.78 is 8.03. The summed E-state index contributed by atoms with van der Waals surface area (Å²) in [6.45, 7) is 2.00. The Morgan fingerprint density at radius 1 is 1.25 bits per heavy atom. The fourth-order valence-corrected chi connectivity index (χ4v) is 2.87. The van der Waals surface area contributed by atoms with E-state index in [9.17, 15) is 4.79 Å². The second-order valence-corrected chi connectivity index (χ2v) is 5.93. The van der Waals surface area contributed by atoms with E-state index >= 15 is 0 Å². The van der Waals surface area contributed by atoms with Crippen LogP contribution in [0.5, 0.6) is 11.6 Å². The van der Waals surface area contributed by atoms with E-state index in [-0.39, 0.29) is 6.42 Å². The Morgan fingerprint density at radius 2 is 2.00 bits per heavy atom. The Bertz CT molecular complexity index is 899. The highest BCUT2D eigenvalue weighted by atomic mass is 16.5. The van der Waals surface area contributed by atoms with E-state index in [1.54, 1.807) is 0 Å². The van der Waals surface area contributed by atoms with Gasteiger partial charge >= 0.3 is 5.97 Å². The molecule has 1 atom stereocenters. The molecule has 0 aliphatic rings. The molecule has 124 valence electrons. The van der Waals surface area contributed by atoms with Crippen molar-refractivity contribution in [2.24, 2.45) is 12.8 Å². The van der Waals surface area contributed by atoms with Crippen LogP contribution in [-0.4, -0.2) is 21.7 Å². The summed E-state index contributed by atoms with van der Waals surface area (Å²) in [5.74, 6) is 0.314. The standard InChI is InChI=1S/C19H20N2O3/c1-12-6-5-7-13(10-12)24-18-15(11-16(20)19(22)23)14-8-3-4-9-17(14)21(18)2/h3-10,16H,11,20H2,1-2H3,(H,22,23). The summed E-state index contributed by atoms with van der Waals surface area (Å²) in [5, 5.41) is 10.1. The van der Waals surface area contributed by atoms with Crippen LogP contribution in [0, 0.1) is 6.92 Å². The van der Waals surface area contributed by atoms with Crippen molar-refractivity contribution in [2.45, 2.75) is 19.4 Å². The first-order valence-corrected chi connectivity index (χ1v) is 7.76. The van der Waals surface area contributed by atoms with Crippen molar-refractivity contribution in [1.82, 2.24) is 4.57 Å². The number of carboxylic acids is 1. The predicted molar refractivity (Wildman–Crippen MR) is 93.5 cm³/mol. The molecule has 0 saturated carbocycles. The Kier molecular flexibility index (Phi) is 4.27. The van der Waals surface area contributed by atoms with E-state index < -0.39 is 12.0 Å². The van der Waals surface area contributed by atoms with Crippen LogP contribution in [0.4, 0.5) is 0 Å². The number of nitrogens with two attached hydrogens (primary N) is 1. The topological polar surface area (TPSA) is 77.5 Å². The summed E-state index contributed by atoms with van der Waals surface area (Å²) in [6.07, 6.45) is 0.206. The molecule has 0 fully saturated rings. The lowest BCUT2D eigenvalue weighted by Crippen LogP contribution is -2.32. The number of aryl methyl sites for hydroxylation is 2. The molecule has 3 rings (SSSR count). The normalized spacial score (nSPS) is 12.3. The molecule has 0 spiro atoms. The van der Waals surface area contributed by atoms with Crippen molar-refractivity contribution in [3.8, 4) is 11.6 Å². The Hall–Kier alpha value is -2.79. The number of aromatic nitrogens is 1. The Balaban J connectivity index is 2.11. The van der Waals surface area contributed by atoms with Crippen LogP contribution < -0.4 is 10.5 Å². The molecule has 5 heteroatoms. The minimum atomic E-state index is -1.02. The number of carboxylic acid groups (broad SMARTS) is 1. The number of hydrogen-bond acceptors (Lipinski definition) is 3. The third kappa shape index (κ3) is 2.98. The Morgan fingerprint density at radius 3 is 2.71 bits per heavy atom. The van der Waals surface area contributed by atoms with E-state index in [1.807, 2.05) is 67.1 Å². The SMILES string of the molecule is Cc1cccc(Oc2c(CC(N)C(=O)O)c3ccccc3n2C)c1. The monoisotopic (exact) mass is 324 g/mol. The zero-order valence-electron chi connectivity index (χ0n) is 13.7. The fourth-order valence-electron chi connectivity index (χ4n) is 2.87. The molecule has 0 radical (unpaired) electrons. The van der Waals surface area contributed by atoms with Gasteiger partial charge in [0.05, 0.1) is 5.52 Å². The number of hydrogen-bond donors (Lipinski definition) is 2. The molecule has 0 amide bonds.